The van der Waals surface area contributed by atoms with Crippen molar-refractivity contribution in [2.45, 2.75) is 63.1 Å². The van der Waals surface area contributed by atoms with Gasteiger partial charge in [0.2, 0.25) is 0 Å². The van der Waals surface area contributed by atoms with Gasteiger partial charge in [-0.25, -0.2) is 4.79 Å². The van der Waals surface area contributed by atoms with Gasteiger partial charge in [0.1, 0.15) is 24.7 Å². The third-order valence-corrected chi connectivity index (χ3v) is 9.50. The van der Waals surface area contributed by atoms with E-state index >= 15 is 0 Å². The Morgan fingerprint density at radius 2 is 1.35 bits per heavy atom. The van der Waals surface area contributed by atoms with Crippen LogP contribution in [0.5, 0.6) is 5.75 Å². The first kappa shape index (κ1) is 27.5. The lowest BCUT2D eigenvalue weighted by atomic mass is 9.76. The number of hydrogen-bond donors (Lipinski definition) is 0. The lowest BCUT2D eigenvalue weighted by molar-refractivity contribution is -0.126. The summed E-state index contributed by atoms with van der Waals surface area (Å²) in [5.74, 6) is 1.03. The van der Waals surface area contributed by atoms with Crippen LogP contribution in [0.25, 0.3) is 11.1 Å². The van der Waals surface area contributed by atoms with Crippen LogP contribution in [0.1, 0.15) is 60.3 Å². The lowest BCUT2D eigenvalue weighted by Crippen LogP contribution is -2.56. The summed E-state index contributed by atoms with van der Waals surface area (Å²) >= 11 is 0. The molecule has 218 valence electrons. The fraction of sp³-hybridized carbons (Fsp3) is 0.316. The summed E-state index contributed by atoms with van der Waals surface area (Å²) in [6.45, 7) is 0.823. The van der Waals surface area contributed by atoms with E-state index in [2.05, 4.69) is 48.5 Å². The molecule has 1 aliphatic carbocycles. The molecule has 1 amide bonds. The van der Waals surface area contributed by atoms with Gasteiger partial charge in [-0.05, 0) is 77.6 Å². The van der Waals surface area contributed by atoms with Crippen LogP contribution in [-0.2, 0) is 22.6 Å². The molecule has 2 unspecified atom stereocenters. The van der Waals surface area contributed by atoms with E-state index in [1.807, 2.05) is 59.5 Å². The number of amides is 1. The predicted octanol–water partition coefficient (Wildman–Crippen LogP) is 7.96. The Balaban J connectivity index is 0.975. The SMILES string of the molecule is O=C(Cc1cccc(OCc2ccccc2)c1)C1CC2CCCC(C1)N2C(=O)OCC1c2ccccc2-c2ccccc21. The van der Waals surface area contributed by atoms with Crippen LogP contribution in [0, 0.1) is 5.92 Å². The van der Waals surface area contributed by atoms with Crippen molar-refractivity contribution in [2.24, 2.45) is 5.92 Å². The molecule has 5 heteroatoms. The fourth-order valence-corrected chi connectivity index (χ4v) is 7.44. The molecule has 0 radical (unpaired) electrons. The molecular formula is C38H37NO4. The number of benzene rings is 4. The van der Waals surface area contributed by atoms with Crippen molar-refractivity contribution >= 4 is 11.9 Å². The number of hydrogen-bond acceptors (Lipinski definition) is 4. The Hall–Kier alpha value is -4.38. The Bertz CT molecular complexity index is 1560. The van der Waals surface area contributed by atoms with E-state index in [1.54, 1.807) is 0 Å². The molecule has 2 fully saturated rings. The molecule has 2 saturated heterocycles. The van der Waals surface area contributed by atoms with Crippen LogP contribution in [0.2, 0.25) is 0 Å². The third kappa shape index (κ3) is 5.69. The van der Waals surface area contributed by atoms with Gasteiger partial charge in [-0.15, -0.1) is 0 Å². The van der Waals surface area contributed by atoms with Crippen LogP contribution >= 0.6 is 0 Å². The average molecular weight is 572 g/mol. The molecular weight excluding hydrogens is 534 g/mol. The minimum Gasteiger partial charge on any atom is -0.489 e. The number of nitrogens with zero attached hydrogens (tertiary/aromatic N) is 1. The molecule has 0 spiro atoms. The average Bonchev–Trinajstić information content (AvgIpc) is 3.36. The minimum absolute atomic E-state index is 0.0400. The predicted molar refractivity (Wildman–Crippen MR) is 167 cm³/mol. The van der Waals surface area contributed by atoms with Crippen molar-refractivity contribution in [3.8, 4) is 16.9 Å². The maximum atomic E-state index is 13.6. The highest BCUT2D eigenvalue weighted by Crippen LogP contribution is 2.45. The van der Waals surface area contributed by atoms with Crippen molar-refractivity contribution in [3.63, 3.8) is 0 Å². The first-order chi connectivity index (χ1) is 21.1. The van der Waals surface area contributed by atoms with Crippen molar-refractivity contribution in [2.75, 3.05) is 6.61 Å². The zero-order chi connectivity index (χ0) is 29.2. The lowest BCUT2D eigenvalue weighted by Gasteiger charge is -2.47. The van der Waals surface area contributed by atoms with E-state index in [0.29, 0.717) is 32.5 Å². The molecule has 0 saturated carbocycles. The molecule has 0 N–H and O–H groups in total. The van der Waals surface area contributed by atoms with Crippen LogP contribution in [-0.4, -0.2) is 35.5 Å². The van der Waals surface area contributed by atoms with Gasteiger partial charge < -0.3 is 14.4 Å². The zero-order valence-electron chi connectivity index (χ0n) is 24.4. The zero-order valence-corrected chi connectivity index (χ0v) is 24.4. The first-order valence-corrected chi connectivity index (χ1v) is 15.6. The summed E-state index contributed by atoms with van der Waals surface area (Å²) in [4.78, 5) is 29.1. The second kappa shape index (κ2) is 12.1. The van der Waals surface area contributed by atoms with Gasteiger partial charge in [0.25, 0.3) is 0 Å². The monoisotopic (exact) mass is 571 g/mol. The number of ether oxygens (including phenoxy) is 2. The van der Waals surface area contributed by atoms with E-state index in [-0.39, 0.29) is 35.8 Å². The molecule has 2 aliphatic heterocycles. The van der Waals surface area contributed by atoms with Gasteiger partial charge in [0.15, 0.2) is 0 Å². The molecule has 2 heterocycles. The normalized spacial score (nSPS) is 20.7. The molecule has 2 atom stereocenters. The smallest absolute Gasteiger partial charge is 0.410 e. The highest BCUT2D eigenvalue weighted by atomic mass is 16.6. The molecule has 5 nitrogen and oxygen atoms in total. The van der Waals surface area contributed by atoms with Gasteiger partial charge in [0.05, 0.1) is 0 Å². The number of fused-ring (bicyclic) bond motifs is 5. The summed E-state index contributed by atoms with van der Waals surface area (Å²) < 4.78 is 12.1. The minimum atomic E-state index is -0.231. The summed E-state index contributed by atoms with van der Waals surface area (Å²) in [6.07, 6.45) is 4.52. The standard InChI is InChI=1S/C38H37NO4/c40-37(21-27-12-8-15-31(20-27)42-24-26-10-2-1-3-11-26)28-22-29-13-9-14-30(23-28)39(29)38(41)43-25-36-34-18-6-4-16-32(34)33-17-5-7-19-35(33)36/h1-8,10-12,15-20,28-30,36H,9,13-14,21-25H2. The quantitative estimate of drug-likeness (QED) is 0.215. The number of carbonyl (C=O) groups excluding carboxylic acids is 2. The van der Waals surface area contributed by atoms with Gasteiger partial charge in [0, 0.05) is 30.3 Å². The van der Waals surface area contributed by atoms with E-state index in [0.717, 1.165) is 36.1 Å². The Morgan fingerprint density at radius 3 is 2.05 bits per heavy atom. The summed E-state index contributed by atoms with van der Waals surface area (Å²) in [7, 11) is 0. The van der Waals surface area contributed by atoms with Crippen LogP contribution in [0.3, 0.4) is 0 Å². The fourth-order valence-electron chi connectivity index (χ4n) is 7.44. The third-order valence-electron chi connectivity index (χ3n) is 9.50. The number of ketones is 1. The van der Waals surface area contributed by atoms with Crippen molar-refractivity contribution in [1.29, 1.82) is 0 Å². The largest absolute Gasteiger partial charge is 0.489 e. The molecule has 4 aromatic rings. The van der Waals surface area contributed by atoms with Crippen molar-refractivity contribution in [1.82, 2.24) is 4.90 Å². The number of rotatable bonds is 8. The Labute approximate surface area is 253 Å². The topological polar surface area (TPSA) is 55.8 Å². The van der Waals surface area contributed by atoms with E-state index in [1.165, 1.54) is 22.3 Å². The molecule has 3 aliphatic rings. The van der Waals surface area contributed by atoms with Crippen LogP contribution in [0.15, 0.2) is 103 Å². The van der Waals surface area contributed by atoms with Gasteiger partial charge >= 0.3 is 6.09 Å². The summed E-state index contributed by atoms with van der Waals surface area (Å²) in [5.41, 5.74) is 6.97. The van der Waals surface area contributed by atoms with Gasteiger partial charge in [-0.2, -0.15) is 0 Å². The maximum absolute atomic E-state index is 13.6. The summed E-state index contributed by atoms with van der Waals surface area (Å²) in [5, 5.41) is 0. The van der Waals surface area contributed by atoms with Crippen LogP contribution < -0.4 is 4.74 Å². The van der Waals surface area contributed by atoms with Gasteiger partial charge in [-0.3, -0.25) is 4.79 Å². The highest BCUT2D eigenvalue weighted by molar-refractivity contribution is 5.84. The van der Waals surface area contributed by atoms with Gasteiger partial charge in [-0.1, -0.05) is 91.0 Å². The molecule has 43 heavy (non-hydrogen) atoms. The molecule has 7 rings (SSSR count). The second-order valence-corrected chi connectivity index (χ2v) is 12.2. The Kier molecular flexibility index (Phi) is 7.71. The second-order valence-electron chi connectivity index (χ2n) is 12.2. The van der Waals surface area contributed by atoms with E-state index in [4.69, 9.17) is 9.47 Å². The number of Topliss-reactive ketones (excluding diaryl/α,β-unsaturated/α-hetero) is 1. The molecule has 4 aromatic carbocycles. The molecule has 0 aromatic heterocycles. The maximum Gasteiger partial charge on any atom is 0.410 e. The number of piperidine rings is 2. The van der Waals surface area contributed by atoms with Crippen LogP contribution in [0.4, 0.5) is 4.79 Å². The molecule has 2 bridgehead atoms. The number of carbonyl (C=O) groups is 2. The summed E-state index contributed by atoms with van der Waals surface area (Å²) in [6, 6.07) is 34.9. The van der Waals surface area contributed by atoms with E-state index in [9.17, 15) is 9.59 Å². The Morgan fingerprint density at radius 1 is 0.721 bits per heavy atom. The first-order valence-electron chi connectivity index (χ1n) is 15.6. The highest BCUT2D eigenvalue weighted by Gasteiger charge is 2.44. The van der Waals surface area contributed by atoms with Crippen molar-refractivity contribution in [3.05, 3.63) is 125 Å². The van der Waals surface area contributed by atoms with E-state index < -0.39 is 0 Å². The van der Waals surface area contributed by atoms with Crippen molar-refractivity contribution < 1.29 is 19.1 Å².